The first kappa shape index (κ1) is 19.4. The van der Waals surface area contributed by atoms with E-state index < -0.39 is 5.97 Å². The van der Waals surface area contributed by atoms with Crippen LogP contribution in [0.1, 0.15) is 37.7 Å². The fourth-order valence-electron chi connectivity index (χ4n) is 2.99. The van der Waals surface area contributed by atoms with Crippen molar-refractivity contribution in [2.45, 2.75) is 53.7 Å². The smallest absolute Gasteiger partial charge is 0.310 e. The van der Waals surface area contributed by atoms with Crippen molar-refractivity contribution in [2.24, 2.45) is 5.92 Å². The Morgan fingerprint density at radius 3 is 2.72 bits per heavy atom. The fraction of sp³-hybridized carbons (Fsp3) is 0.722. The van der Waals surface area contributed by atoms with Crippen molar-refractivity contribution in [3.8, 4) is 0 Å². The molecule has 7 nitrogen and oxygen atoms in total. The third-order valence-electron chi connectivity index (χ3n) is 4.34. The second-order valence-electron chi connectivity index (χ2n) is 7.08. The highest BCUT2D eigenvalue weighted by atomic mass is 16.5. The number of amides is 1. The maximum atomic E-state index is 12.1. The van der Waals surface area contributed by atoms with E-state index in [1.807, 2.05) is 25.5 Å². The minimum Gasteiger partial charge on any atom is -0.455 e. The highest BCUT2D eigenvalue weighted by Crippen LogP contribution is 2.16. The highest BCUT2D eigenvalue weighted by molar-refractivity contribution is 5.81. The van der Waals surface area contributed by atoms with Gasteiger partial charge in [0.2, 0.25) is 0 Å². The van der Waals surface area contributed by atoms with Gasteiger partial charge < -0.3 is 14.4 Å². The predicted molar refractivity (Wildman–Crippen MR) is 93.2 cm³/mol. The van der Waals surface area contributed by atoms with Gasteiger partial charge in [-0.25, -0.2) is 0 Å². The van der Waals surface area contributed by atoms with Crippen LogP contribution in [0.3, 0.4) is 0 Å². The maximum Gasteiger partial charge on any atom is 0.310 e. The Kier molecular flexibility index (Phi) is 6.58. The number of hydrogen-bond acceptors (Lipinski definition) is 5. The van der Waals surface area contributed by atoms with Crippen LogP contribution in [-0.4, -0.2) is 59.0 Å². The SMILES string of the molecule is Cc1nn(CC(C)C)c(C)c1CC(=O)OCC(=O)N1CCOC(C)C1. The number of carbonyl (C=O) groups excluding carboxylic acids is 2. The van der Waals surface area contributed by atoms with Gasteiger partial charge in [0.15, 0.2) is 6.61 Å². The molecule has 1 aromatic rings. The van der Waals surface area contributed by atoms with Crippen LogP contribution < -0.4 is 0 Å². The van der Waals surface area contributed by atoms with Crippen LogP contribution in [0.2, 0.25) is 0 Å². The monoisotopic (exact) mass is 351 g/mol. The quantitative estimate of drug-likeness (QED) is 0.726. The van der Waals surface area contributed by atoms with E-state index >= 15 is 0 Å². The minimum absolute atomic E-state index is 0.0190. The molecule has 1 aliphatic rings. The van der Waals surface area contributed by atoms with Crippen LogP contribution >= 0.6 is 0 Å². The summed E-state index contributed by atoms with van der Waals surface area (Å²) < 4.78 is 12.5. The number of esters is 1. The molecule has 0 N–H and O–H groups in total. The third kappa shape index (κ3) is 5.29. The molecule has 1 aromatic heterocycles. The van der Waals surface area contributed by atoms with Crippen LogP contribution in [-0.2, 0) is 32.0 Å². The molecule has 0 aromatic carbocycles. The number of carbonyl (C=O) groups is 2. The zero-order valence-electron chi connectivity index (χ0n) is 15.9. The van der Waals surface area contributed by atoms with E-state index in [0.29, 0.717) is 25.6 Å². The van der Waals surface area contributed by atoms with Crippen LogP contribution in [0, 0.1) is 19.8 Å². The van der Waals surface area contributed by atoms with Gasteiger partial charge in [0.05, 0.1) is 24.8 Å². The van der Waals surface area contributed by atoms with Gasteiger partial charge in [0.25, 0.3) is 5.91 Å². The zero-order valence-corrected chi connectivity index (χ0v) is 15.9. The van der Waals surface area contributed by atoms with Gasteiger partial charge in [-0.1, -0.05) is 13.8 Å². The number of morpholine rings is 1. The van der Waals surface area contributed by atoms with E-state index in [9.17, 15) is 9.59 Å². The second-order valence-corrected chi connectivity index (χ2v) is 7.08. The van der Waals surface area contributed by atoms with Gasteiger partial charge in [0, 0.05) is 30.9 Å². The molecule has 1 amide bonds. The van der Waals surface area contributed by atoms with Gasteiger partial charge in [-0.3, -0.25) is 14.3 Å². The van der Waals surface area contributed by atoms with E-state index in [1.54, 1.807) is 4.90 Å². The number of rotatable bonds is 6. The summed E-state index contributed by atoms with van der Waals surface area (Å²) in [6.45, 7) is 12.2. The predicted octanol–water partition coefficient (Wildman–Crippen LogP) is 1.49. The average molecular weight is 351 g/mol. The minimum atomic E-state index is -0.398. The molecule has 0 bridgehead atoms. The molecule has 1 fully saturated rings. The second kappa shape index (κ2) is 8.47. The van der Waals surface area contributed by atoms with Crippen LogP contribution in [0.15, 0.2) is 0 Å². The molecule has 7 heteroatoms. The Morgan fingerprint density at radius 2 is 2.08 bits per heavy atom. The summed E-state index contributed by atoms with van der Waals surface area (Å²) in [4.78, 5) is 26.0. The maximum absolute atomic E-state index is 12.1. The summed E-state index contributed by atoms with van der Waals surface area (Å²) in [7, 11) is 0. The Bertz CT molecular complexity index is 624. The number of ether oxygens (including phenoxy) is 2. The zero-order chi connectivity index (χ0) is 18.6. The van der Waals surface area contributed by atoms with Crippen molar-refractivity contribution in [2.75, 3.05) is 26.3 Å². The highest BCUT2D eigenvalue weighted by Gasteiger charge is 2.23. The lowest BCUT2D eigenvalue weighted by atomic mass is 10.1. The van der Waals surface area contributed by atoms with Crippen molar-refractivity contribution in [1.82, 2.24) is 14.7 Å². The molecule has 1 unspecified atom stereocenters. The van der Waals surface area contributed by atoms with Gasteiger partial charge in [-0.15, -0.1) is 0 Å². The molecule has 140 valence electrons. The number of hydrogen-bond donors (Lipinski definition) is 0. The van der Waals surface area contributed by atoms with E-state index in [1.165, 1.54) is 0 Å². The first-order valence-corrected chi connectivity index (χ1v) is 8.85. The fourth-order valence-corrected chi connectivity index (χ4v) is 2.99. The molecular weight excluding hydrogens is 322 g/mol. The standard InChI is InChI=1S/C18H29N3O4/c1-12(2)9-21-15(5)16(14(4)19-21)8-18(23)25-11-17(22)20-6-7-24-13(3)10-20/h12-13H,6-11H2,1-5H3. The summed E-state index contributed by atoms with van der Waals surface area (Å²) >= 11 is 0. The topological polar surface area (TPSA) is 73.7 Å². The van der Waals surface area contributed by atoms with Crippen molar-refractivity contribution in [3.05, 3.63) is 17.0 Å². The summed E-state index contributed by atoms with van der Waals surface area (Å²) in [5.41, 5.74) is 2.71. The van der Waals surface area contributed by atoms with Gasteiger partial charge in [-0.05, 0) is 26.7 Å². The molecular formula is C18H29N3O4. The molecule has 1 atom stereocenters. The van der Waals surface area contributed by atoms with Crippen LogP contribution in [0.5, 0.6) is 0 Å². The molecule has 25 heavy (non-hydrogen) atoms. The molecule has 1 aliphatic heterocycles. The molecule has 0 radical (unpaired) electrons. The number of aryl methyl sites for hydroxylation is 1. The molecule has 0 spiro atoms. The Morgan fingerprint density at radius 1 is 1.36 bits per heavy atom. The lowest BCUT2D eigenvalue weighted by Crippen LogP contribution is -2.46. The molecule has 2 heterocycles. The van der Waals surface area contributed by atoms with Crippen molar-refractivity contribution in [1.29, 1.82) is 0 Å². The lowest BCUT2D eigenvalue weighted by Gasteiger charge is -2.30. The number of aromatic nitrogens is 2. The first-order chi connectivity index (χ1) is 11.8. The van der Waals surface area contributed by atoms with E-state index in [0.717, 1.165) is 23.5 Å². The third-order valence-corrected chi connectivity index (χ3v) is 4.34. The molecule has 0 saturated carbocycles. The first-order valence-electron chi connectivity index (χ1n) is 8.85. The summed E-state index contributed by atoms with van der Waals surface area (Å²) in [5.74, 6) is -0.0938. The van der Waals surface area contributed by atoms with Crippen molar-refractivity contribution >= 4 is 11.9 Å². The summed E-state index contributed by atoms with van der Waals surface area (Å²) in [6.07, 6.45) is 0.160. The summed E-state index contributed by atoms with van der Waals surface area (Å²) in [6, 6.07) is 0. The lowest BCUT2D eigenvalue weighted by molar-refractivity contribution is -0.154. The molecule has 1 saturated heterocycles. The van der Waals surface area contributed by atoms with Gasteiger partial charge in [0.1, 0.15) is 0 Å². The Hall–Kier alpha value is -1.89. The summed E-state index contributed by atoms with van der Waals surface area (Å²) in [5, 5.41) is 4.50. The Balaban J connectivity index is 1.88. The normalized spacial score (nSPS) is 17.8. The van der Waals surface area contributed by atoms with E-state index in [2.05, 4.69) is 18.9 Å². The Labute approximate surface area is 149 Å². The van der Waals surface area contributed by atoms with Crippen LogP contribution in [0.25, 0.3) is 0 Å². The molecule has 2 rings (SSSR count). The van der Waals surface area contributed by atoms with Gasteiger partial charge in [-0.2, -0.15) is 5.10 Å². The largest absolute Gasteiger partial charge is 0.455 e. The van der Waals surface area contributed by atoms with Crippen molar-refractivity contribution in [3.63, 3.8) is 0 Å². The van der Waals surface area contributed by atoms with Crippen LogP contribution in [0.4, 0.5) is 0 Å². The molecule has 0 aliphatic carbocycles. The van der Waals surface area contributed by atoms with Gasteiger partial charge >= 0.3 is 5.97 Å². The number of nitrogens with zero attached hydrogens (tertiary/aromatic N) is 3. The van der Waals surface area contributed by atoms with E-state index in [4.69, 9.17) is 9.47 Å². The average Bonchev–Trinajstić information content (AvgIpc) is 2.79. The van der Waals surface area contributed by atoms with Crippen molar-refractivity contribution < 1.29 is 19.1 Å². The van der Waals surface area contributed by atoms with E-state index in [-0.39, 0.29) is 25.0 Å².